The molecule has 2 heterocycles. The topological polar surface area (TPSA) is 30.7 Å². The largest absolute Gasteiger partial charge is 0.493 e. The van der Waals surface area contributed by atoms with E-state index < -0.39 is 0 Å². The van der Waals surface area contributed by atoms with Crippen LogP contribution in [0, 0.1) is 13.8 Å². The summed E-state index contributed by atoms with van der Waals surface area (Å²) >= 11 is 6.30. The van der Waals surface area contributed by atoms with Crippen LogP contribution < -0.4 is 4.74 Å². The number of hydrogen-bond acceptors (Lipinski definition) is 2. The summed E-state index contributed by atoms with van der Waals surface area (Å²) < 4.78 is 7.65. The Morgan fingerprint density at radius 2 is 1.96 bits per heavy atom. The molecule has 118 valence electrons. The van der Waals surface area contributed by atoms with Gasteiger partial charge in [0.2, 0.25) is 0 Å². The van der Waals surface area contributed by atoms with E-state index in [9.17, 15) is 4.79 Å². The van der Waals surface area contributed by atoms with Gasteiger partial charge in [0.05, 0.1) is 12.3 Å². The Bertz CT molecular complexity index is 896. The van der Waals surface area contributed by atoms with Crippen molar-refractivity contribution in [3.8, 4) is 16.9 Å². The molecule has 0 aliphatic carbocycles. The smallest absolute Gasteiger partial charge is 0.167 e. The van der Waals surface area contributed by atoms with E-state index in [4.69, 9.17) is 16.3 Å². The van der Waals surface area contributed by atoms with E-state index in [-0.39, 0.29) is 0 Å². The number of halogens is 1. The molecule has 3 nitrogen and oxygen atoms in total. The number of carbonyl (C=O) groups is 1. The third-order valence-electron chi connectivity index (χ3n) is 3.93. The van der Waals surface area contributed by atoms with E-state index in [2.05, 4.69) is 0 Å². The molecule has 0 N–H and O–H groups in total. The zero-order valence-corrected chi connectivity index (χ0v) is 14.1. The molecule has 0 spiro atoms. The van der Waals surface area contributed by atoms with Crippen LogP contribution in [0.2, 0.25) is 5.02 Å². The third-order valence-corrected chi connectivity index (χ3v) is 4.34. The lowest BCUT2D eigenvalue weighted by molar-refractivity contribution is 0.111. The standard InChI is InChI=1S/C19H18ClNO2/c1-4-23-19-8-13(3)17(20)10-16(19)15-9-14-7-12(2)5-6-21(14)18(15)11-22/h5-11H,4H2,1-3H3. The molecule has 3 aromatic rings. The van der Waals surface area contributed by atoms with Gasteiger partial charge in [-0.25, -0.2) is 0 Å². The highest BCUT2D eigenvalue weighted by atomic mass is 35.5. The van der Waals surface area contributed by atoms with Crippen LogP contribution in [0.1, 0.15) is 28.5 Å². The lowest BCUT2D eigenvalue weighted by Gasteiger charge is -2.12. The van der Waals surface area contributed by atoms with E-state index in [1.54, 1.807) is 0 Å². The predicted molar refractivity (Wildman–Crippen MR) is 93.9 cm³/mol. The highest BCUT2D eigenvalue weighted by Gasteiger charge is 2.17. The number of rotatable bonds is 4. The Balaban J connectivity index is 2.31. The first-order valence-electron chi connectivity index (χ1n) is 7.55. The second-order valence-electron chi connectivity index (χ2n) is 5.59. The molecule has 1 aromatic carbocycles. The first-order valence-corrected chi connectivity index (χ1v) is 7.93. The second kappa shape index (κ2) is 6.09. The Morgan fingerprint density at radius 1 is 1.17 bits per heavy atom. The Hall–Kier alpha value is -2.26. The van der Waals surface area contributed by atoms with Gasteiger partial charge in [0.25, 0.3) is 0 Å². The lowest BCUT2D eigenvalue weighted by Crippen LogP contribution is -1.97. The number of pyridine rings is 1. The Morgan fingerprint density at radius 3 is 2.65 bits per heavy atom. The third kappa shape index (κ3) is 2.73. The van der Waals surface area contributed by atoms with Crippen LogP contribution in [0.15, 0.2) is 36.5 Å². The van der Waals surface area contributed by atoms with Crippen molar-refractivity contribution in [1.29, 1.82) is 0 Å². The molecule has 0 saturated heterocycles. The Labute approximate surface area is 140 Å². The average molecular weight is 328 g/mol. The van der Waals surface area contributed by atoms with Crippen molar-refractivity contribution in [2.75, 3.05) is 6.61 Å². The Kier molecular flexibility index (Phi) is 4.14. The number of aryl methyl sites for hydroxylation is 2. The number of carbonyl (C=O) groups excluding carboxylic acids is 1. The van der Waals surface area contributed by atoms with Crippen LogP contribution in [0.5, 0.6) is 5.75 Å². The van der Waals surface area contributed by atoms with Gasteiger partial charge in [-0.2, -0.15) is 0 Å². The van der Waals surface area contributed by atoms with Crippen molar-refractivity contribution in [3.05, 3.63) is 58.4 Å². The first-order chi connectivity index (χ1) is 11.0. The zero-order valence-electron chi connectivity index (χ0n) is 13.4. The van der Waals surface area contributed by atoms with E-state index in [0.29, 0.717) is 17.3 Å². The van der Waals surface area contributed by atoms with Crippen molar-refractivity contribution in [3.63, 3.8) is 0 Å². The van der Waals surface area contributed by atoms with Gasteiger partial charge in [-0.3, -0.25) is 4.79 Å². The van der Waals surface area contributed by atoms with Crippen molar-refractivity contribution >= 4 is 23.4 Å². The van der Waals surface area contributed by atoms with Crippen LogP contribution >= 0.6 is 11.6 Å². The minimum absolute atomic E-state index is 0.553. The number of aldehydes is 1. The summed E-state index contributed by atoms with van der Waals surface area (Å²) in [5.74, 6) is 0.741. The molecule has 4 heteroatoms. The molecule has 0 atom stereocenters. The van der Waals surface area contributed by atoms with Crippen LogP contribution in [-0.2, 0) is 0 Å². The molecule has 0 saturated carbocycles. The first kappa shape index (κ1) is 15.6. The SMILES string of the molecule is CCOc1cc(C)c(Cl)cc1-c1cc2cc(C)ccn2c1C=O. The highest BCUT2D eigenvalue weighted by molar-refractivity contribution is 6.31. The average Bonchev–Trinajstić information content (AvgIpc) is 2.88. The number of fused-ring (bicyclic) bond motifs is 1. The van der Waals surface area contributed by atoms with E-state index in [1.165, 1.54) is 0 Å². The molecule has 0 amide bonds. The summed E-state index contributed by atoms with van der Waals surface area (Å²) in [5, 5.41) is 0.659. The van der Waals surface area contributed by atoms with Crippen molar-refractivity contribution in [1.82, 2.24) is 4.40 Å². The van der Waals surface area contributed by atoms with Gasteiger partial charge in [-0.05, 0) is 62.2 Å². The minimum atomic E-state index is 0.553. The fourth-order valence-corrected chi connectivity index (χ4v) is 2.95. The second-order valence-corrected chi connectivity index (χ2v) is 6.00. The maximum absolute atomic E-state index is 11.7. The molecule has 0 aliphatic rings. The molecule has 0 unspecified atom stereocenters. The van der Waals surface area contributed by atoms with Gasteiger partial charge in [-0.1, -0.05) is 11.6 Å². The summed E-state index contributed by atoms with van der Waals surface area (Å²) in [6, 6.07) is 9.82. The molecule has 2 aromatic heterocycles. The van der Waals surface area contributed by atoms with E-state index >= 15 is 0 Å². The normalized spacial score (nSPS) is 11.0. The highest BCUT2D eigenvalue weighted by Crippen LogP contribution is 2.37. The fourth-order valence-electron chi connectivity index (χ4n) is 2.79. The van der Waals surface area contributed by atoms with Gasteiger partial charge < -0.3 is 9.14 Å². The van der Waals surface area contributed by atoms with Crippen molar-refractivity contribution < 1.29 is 9.53 Å². The molecule has 23 heavy (non-hydrogen) atoms. The summed E-state index contributed by atoms with van der Waals surface area (Å²) in [6.45, 7) is 6.46. The zero-order chi connectivity index (χ0) is 16.6. The van der Waals surface area contributed by atoms with Gasteiger partial charge in [0, 0.05) is 27.9 Å². The van der Waals surface area contributed by atoms with Crippen molar-refractivity contribution in [2.45, 2.75) is 20.8 Å². The minimum Gasteiger partial charge on any atom is -0.493 e. The maximum atomic E-state index is 11.7. The van der Waals surface area contributed by atoms with Crippen molar-refractivity contribution in [2.24, 2.45) is 0 Å². The van der Waals surface area contributed by atoms with Crippen LogP contribution in [-0.4, -0.2) is 17.3 Å². The molecule has 0 bridgehead atoms. The van der Waals surface area contributed by atoms with E-state index in [1.807, 2.05) is 61.7 Å². The molecular weight excluding hydrogens is 310 g/mol. The molecule has 0 fully saturated rings. The van der Waals surface area contributed by atoms with Gasteiger partial charge in [0.1, 0.15) is 5.75 Å². The molecule has 0 aliphatic heterocycles. The summed E-state index contributed by atoms with van der Waals surface area (Å²) in [6.07, 6.45) is 2.79. The fraction of sp³-hybridized carbons (Fsp3) is 0.211. The summed E-state index contributed by atoms with van der Waals surface area (Å²) in [7, 11) is 0. The van der Waals surface area contributed by atoms with Gasteiger partial charge >= 0.3 is 0 Å². The summed E-state index contributed by atoms with van der Waals surface area (Å²) in [4.78, 5) is 11.7. The predicted octanol–water partition coefficient (Wildman–Crippen LogP) is 5.09. The molecular formula is C19H18ClNO2. The quantitative estimate of drug-likeness (QED) is 0.625. The van der Waals surface area contributed by atoms with Crippen LogP contribution in [0.25, 0.3) is 16.6 Å². The van der Waals surface area contributed by atoms with Gasteiger partial charge in [0.15, 0.2) is 6.29 Å². The number of nitrogens with zero attached hydrogens (tertiary/aromatic N) is 1. The number of ether oxygens (including phenoxy) is 1. The van der Waals surface area contributed by atoms with Gasteiger partial charge in [-0.15, -0.1) is 0 Å². The summed E-state index contributed by atoms with van der Waals surface area (Å²) in [5.41, 5.74) is 5.33. The number of aromatic nitrogens is 1. The number of benzene rings is 1. The van der Waals surface area contributed by atoms with Crippen LogP contribution in [0.4, 0.5) is 0 Å². The molecule has 0 radical (unpaired) electrons. The molecule has 3 rings (SSSR count). The number of hydrogen-bond donors (Lipinski definition) is 0. The maximum Gasteiger partial charge on any atom is 0.167 e. The monoisotopic (exact) mass is 327 g/mol. The lowest BCUT2D eigenvalue weighted by atomic mass is 10.0. The van der Waals surface area contributed by atoms with E-state index in [0.717, 1.165) is 39.8 Å². The van der Waals surface area contributed by atoms with Crippen LogP contribution in [0.3, 0.4) is 0 Å².